The number of aryl methyl sites for hydroxylation is 1. The molecule has 0 aliphatic heterocycles. The van der Waals surface area contributed by atoms with Crippen molar-refractivity contribution in [2.45, 2.75) is 26.4 Å². The van der Waals surface area contributed by atoms with E-state index in [0.29, 0.717) is 0 Å². The highest BCUT2D eigenvalue weighted by Crippen LogP contribution is 2.29. The first-order valence-corrected chi connectivity index (χ1v) is 8.30. The molecule has 0 radical (unpaired) electrons. The minimum atomic E-state index is -0.692. The van der Waals surface area contributed by atoms with Gasteiger partial charge in [0.25, 0.3) is 0 Å². The fourth-order valence-electron chi connectivity index (χ4n) is 3.02. The van der Waals surface area contributed by atoms with Gasteiger partial charge in [-0.2, -0.15) is 0 Å². The lowest BCUT2D eigenvalue weighted by Gasteiger charge is -2.07. The van der Waals surface area contributed by atoms with E-state index in [0.717, 1.165) is 17.5 Å². The van der Waals surface area contributed by atoms with Crippen molar-refractivity contribution in [3.63, 3.8) is 0 Å². The number of nitrogens with one attached hydrogen (secondary N) is 1. The van der Waals surface area contributed by atoms with E-state index in [1.807, 2.05) is 18.2 Å². The Labute approximate surface area is 146 Å². The van der Waals surface area contributed by atoms with E-state index in [1.54, 1.807) is 13.0 Å². The second-order valence-corrected chi connectivity index (χ2v) is 6.00. The van der Waals surface area contributed by atoms with Crippen LogP contribution in [-0.4, -0.2) is 22.4 Å². The van der Waals surface area contributed by atoms with Crippen molar-refractivity contribution < 1.29 is 9.59 Å². The molecule has 0 fully saturated rings. The maximum Gasteiger partial charge on any atom is 0.244 e. The van der Waals surface area contributed by atoms with E-state index in [-0.39, 0.29) is 5.91 Å². The van der Waals surface area contributed by atoms with Crippen LogP contribution in [0.25, 0.3) is 27.9 Å². The van der Waals surface area contributed by atoms with Gasteiger partial charge in [0, 0.05) is 34.4 Å². The Morgan fingerprint density at radius 2 is 1.88 bits per heavy atom. The molecular formula is C20H21N3O2. The summed E-state index contributed by atoms with van der Waals surface area (Å²) in [6, 6.07) is 13.7. The number of carbonyl (C=O) groups excluding carboxylic acids is 2. The SMILES string of the molecule is CCn1c2ccccc2c2cc(/C=C\C(=O)N[C@@H](C)C(N)=O)ccc21. The van der Waals surface area contributed by atoms with E-state index in [9.17, 15) is 9.59 Å². The van der Waals surface area contributed by atoms with Crippen LogP contribution in [0, 0.1) is 0 Å². The van der Waals surface area contributed by atoms with Crippen molar-refractivity contribution in [1.29, 1.82) is 0 Å². The molecule has 3 aromatic rings. The molecule has 3 rings (SSSR count). The van der Waals surface area contributed by atoms with Crippen LogP contribution in [0.15, 0.2) is 48.5 Å². The molecule has 2 amide bonds. The van der Waals surface area contributed by atoms with Gasteiger partial charge >= 0.3 is 0 Å². The molecule has 0 bridgehead atoms. The highest BCUT2D eigenvalue weighted by atomic mass is 16.2. The standard InChI is InChI=1S/C20H21N3O2/c1-3-23-17-7-5-4-6-15(17)16-12-14(8-10-18(16)23)9-11-19(24)22-13(2)20(21)25/h4-13H,3H2,1-2H3,(H2,21,25)(H,22,24)/b11-9-/t13-/m0/s1. The molecule has 5 nitrogen and oxygen atoms in total. The van der Waals surface area contributed by atoms with E-state index in [1.165, 1.54) is 22.5 Å². The molecule has 0 aliphatic carbocycles. The molecule has 0 spiro atoms. The van der Waals surface area contributed by atoms with Gasteiger partial charge in [-0.05, 0) is 43.7 Å². The first-order chi connectivity index (χ1) is 12.0. The normalized spacial score (nSPS) is 12.7. The summed E-state index contributed by atoms with van der Waals surface area (Å²) in [5.41, 5.74) is 8.44. The van der Waals surface area contributed by atoms with Gasteiger partial charge in [0.15, 0.2) is 0 Å². The lowest BCUT2D eigenvalue weighted by Crippen LogP contribution is -2.41. The average molecular weight is 335 g/mol. The third-order valence-electron chi connectivity index (χ3n) is 4.33. The minimum Gasteiger partial charge on any atom is -0.368 e. The summed E-state index contributed by atoms with van der Waals surface area (Å²) >= 11 is 0. The highest BCUT2D eigenvalue weighted by Gasteiger charge is 2.11. The Balaban J connectivity index is 1.94. The van der Waals surface area contributed by atoms with Crippen LogP contribution in [0.2, 0.25) is 0 Å². The average Bonchev–Trinajstić information content (AvgIpc) is 2.93. The highest BCUT2D eigenvalue weighted by molar-refractivity contribution is 6.08. The Hall–Kier alpha value is -3.08. The molecule has 1 atom stereocenters. The van der Waals surface area contributed by atoms with Crippen LogP contribution >= 0.6 is 0 Å². The van der Waals surface area contributed by atoms with Crippen molar-refractivity contribution in [2.24, 2.45) is 5.73 Å². The largest absolute Gasteiger partial charge is 0.368 e. The second-order valence-electron chi connectivity index (χ2n) is 6.00. The number of aromatic nitrogens is 1. The summed E-state index contributed by atoms with van der Waals surface area (Å²) in [5, 5.41) is 4.88. The van der Waals surface area contributed by atoms with Crippen molar-refractivity contribution >= 4 is 39.7 Å². The van der Waals surface area contributed by atoms with E-state index < -0.39 is 11.9 Å². The summed E-state index contributed by atoms with van der Waals surface area (Å²) in [6.07, 6.45) is 3.15. The first-order valence-electron chi connectivity index (χ1n) is 8.30. The molecule has 1 heterocycles. The van der Waals surface area contributed by atoms with Gasteiger partial charge < -0.3 is 15.6 Å². The van der Waals surface area contributed by atoms with E-state index >= 15 is 0 Å². The topological polar surface area (TPSA) is 77.1 Å². The predicted molar refractivity (Wildman–Crippen MR) is 101 cm³/mol. The van der Waals surface area contributed by atoms with Gasteiger partial charge in [-0.25, -0.2) is 0 Å². The van der Waals surface area contributed by atoms with Gasteiger partial charge in [-0.1, -0.05) is 24.3 Å². The minimum absolute atomic E-state index is 0.345. The Kier molecular flexibility index (Phi) is 4.57. The van der Waals surface area contributed by atoms with Gasteiger partial charge in [0.2, 0.25) is 11.8 Å². The van der Waals surface area contributed by atoms with Gasteiger partial charge in [-0.3, -0.25) is 9.59 Å². The molecule has 1 aromatic heterocycles. The lowest BCUT2D eigenvalue weighted by molar-refractivity contribution is -0.124. The zero-order valence-corrected chi connectivity index (χ0v) is 14.3. The third-order valence-corrected chi connectivity index (χ3v) is 4.33. The lowest BCUT2D eigenvalue weighted by atomic mass is 10.1. The molecular weight excluding hydrogens is 314 g/mol. The molecule has 5 heteroatoms. The van der Waals surface area contributed by atoms with Crippen LogP contribution in [0.1, 0.15) is 19.4 Å². The molecule has 0 saturated carbocycles. The smallest absolute Gasteiger partial charge is 0.244 e. The van der Waals surface area contributed by atoms with Gasteiger partial charge in [0.1, 0.15) is 6.04 Å². The van der Waals surface area contributed by atoms with Crippen LogP contribution in [0.5, 0.6) is 0 Å². The Morgan fingerprint density at radius 3 is 2.60 bits per heavy atom. The number of para-hydroxylation sites is 1. The van der Waals surface area contributed by atoms with Crippen LogP contribution < -0.4 is 11.1 Å². The molecule has 0 aliphatic rings. The van der Waals surface area contributed by atoms with Gasteiger partial charge in [-0.15, -0.1) is 0 Å². The maximum atomic E-state index is 11.8. The monoisotopic (exact) mass is 335 g/mol. The Morgan fingerprint density at radius 1 is 1.16 bits per heavy atom. The molecule has 3 N–H and O–H groups in total. The van der Waals surface area contributed by atoms with Crippen LogP contribution in [0.3, 0.4) is 0 Å². The number of carbonyl (C=O) groups is 2. The number of amides is 2. The number of benzene rings is 2. The number of hydrogen-bond donors (Lipinski definition) is 2. The van der Waals surface area contributed by atoms with Crippen molar-refractivity contribution in [3.05, 3.63) is 54.1 Å². The van der Waals surface area contributed by atoms with Crippen LogP contribution in [-0.2, 0) is 16.1 Å². The fraction of sp³-hybridized carbons (Fsp3) is 0.200. The number of primary amides is 1. The molecule has 0 saturated heterocycles. The number of fused-ring (bicyclic) bond motifs is 3. The van der Waals surface area contributed by atoms with Crippen molar-refractivity contribution in [3.8, 4) is 0 Å². The summed E-state index contributed by atoms with van der Waals surface area (Å²) < 4.78 is 2.28. The van der Waals surface area contributed by atoms with Gasteiger partial charge in [0.05, 0.1) is 0 Å². The summed E-state index contributed by atoms with van der Waals surface area (Å²) in [7, 11) is 0. The molecule has 2 aromatic carbocycles. The maximum absolute atomic E-state index is 11.8. The number of nitrogens with two attached hydrogens (primary N) is 1. The van der Waals surface area contributed by atoms with Crippen LogP contribution in [0.4, 0.5) is 0 Å². The Bertz CT molecular complexity index is 985. The predicted octanol–water partition coefficient (Wildman–Crippen LogP) is 2.82. The quantitative estimate of drug-likeness (QED) is 0.703. The second kappa shape index (κ2) is 6.81. The third kappa shape index (κ3) is 3.26. The molecule has 128 valence electrons. The summed E-state index contributed by atoms with van der Waals surface area (Å²) in [6.45, 7) is 4.58. The molecule has 0 unspecified atom stereocenters. The number of nitrogens with zero attached hydrogens (tertiary/aromatic N) is 1. The van der Waals surface area contributed by atoms with E-state index in [2.05, 4.69) is 41.1 Å². The van der Waals surface area contributed by atoms with Crippen molar-refractivity contribution in [2.75, 3.05) is 0 Å². The fourth-order valence-corrected chi connectivity index (χ4v) is 3.02. The zero-order chi connectivity index (χ0) is 18.0. The zero-order valence-electron chi connectivity index (χ0n) is 14.3. The van der Waals surface area contributed by atoms with E-state index in [4.69, 9.17) is 5.73 Å². The number of hydrogen-bond acceptors (Lipinski definition) is 2. The number of rotatable bonds is 5. The first kappa shape index (κ1) is 16.8. The summed E-state index contributed by atoms with van der Waals surface area (Å²) in [4.78, 5) is 22.8. The molecule has 25 heavy (non-hydrogen) atoms. The summed E-state index contributed by atoms with van der Waals surface area (Å²) in [5.74, 6) is -0.905. The van der Waals surface area contributed by atoms with Crippen molar-refractivity contribution in [1.82, 2.24) is 9.88 Å².